The molecule has 0 amide bonds. The number of esters is 1. The molecular formula is C23H33N7O3. The standard InChI is InChI=1S/C23H33N7O3/c1-33-22(31)20(26)13-18-12-17-15-30(23(32)28-21(17)27-18)19-6-4-16(5-7-19)14-29(10-2-8-24)11-3-9-25/h4-7,12,15,20H,2-3,8-11,13-14,24-26H2,1H3,(H,27,28,32). The first kappa shape index (κ1) is 24.6. The van der Waals surface area contributed by atoms with Crippen LogP contribution in [0.4, 0.5) is 0 Å². The molecule has 0 aliphatic heterocycles. The highest BCUT2D eigenvalue weighted by Crippen LogP contribution is 2.16. The van der Waals surface area contributed by atoms with Gasteiger partial charge < -0.3 is 26.9 Å². The van der Waals surface area contributed by atoms with Gasteiger partial charge in [0.25, 0.3) is 0 Å². The summed E-state index contributed by atoms with van der Waals surface area (Å²) in [6.07, 6.45) is 3.87. The number of H-pyrrole nitrogens is 1. The Kier molecular flexibility index (Phi) is 8.72. The number of hydrogen-bond donors (Lipinski definition) is 4. The van der Waals surface area contributed by atoms with Gasteiger partial charge in [-0.25, -0.2) is 4.79 Å². The smallest absolute Gasteiger partial charge is 0.354 e. The van der Waals surface area contributed by atoms with Crippen LogP contribution in [0, 0.1) is 0 Å². The lowest BCUT2D eigenvalue weighted by atomic mass is 10.1. The Balaban J connectivity index is 1.77. The molecule has 2 aromatic heterocycles. The van der Waals surface area contributed by atoms with Gasteiger partial charge in [-0.05, 0) is 62.8 Å². The van der Waals surface area contributed by atoms with E-state index in [-0.39, 0.29) is 6.42 Å². The van der Waals surface area contributed by atoms with E-state index >= 15 is 0 Å². The topological polar surface area (TPSA) is 158 Å². The number of fused-ring (bicyclic) bond motifs is 1. The molecule has 33 heavy (non-hydrogen) atoms. The van der Waals surface area contributed by atoms with Crippen molar-refractivity contribution in [2.45, 2.75) is 31.8 Å². The van der Waals surface area contributed by atoms with Crippen molar-refractivity contribution in [3.8, 4) is 5.69 Å². The van der Waals surface area contributed by atoms with Crippen LogP contribution in [0.5, 0.6) is 0 Å². The van der Waals surface area contributed by atoms with E-state index in [1.807, 2.05) is 30.3 Å². The molecule has 7 N–H and O–H groups in total. The average molecular weight is 456 g/mol. The summed E-state index contributed by atoms with van der Waals surface area (Å²) in [5.41, 5.74) is 19.8. The number of benzene rings is 1. The van der Waals surface area contributed by atoms with Crippen LogP contribution in [0.3, 0.4) is 0 Å². The number of aromatic amines is 1. The van der Waals surface area contributed by atoms with Crippen molar-refractivity contribution in [3.05, 3.63) is 58.3 Å². The predicted molar refractivity (Wildman–Crippen MR) is 128 cm³/mol. The summed E-state index contributed by atoms with van der Waals surface area (Å²) in [6, 6.07) is 8.90. The number of ether oxygens (including phenoxy) is 1. The zero-order valence-electron chi connectivity index (χ0n) is 19.0. The first-order valence-corrected chi connectivity index (χ1v) is 11.1. The first-order chi connectivity index (χ1) is 15.9. The second kappa shape index (κ2) is 11.7. The molecule has 1 aromatic carbocycles. The highest BCUT2D eigenvalue weighted by molar-refractivity contribution is 5.78. The summed E-state index contributed by atoms with van der Waals surface area (Å²) in [6.45, 7) is 3.97. The number of nitrogens with two attached hydrogens (primary N) is 3. The SMILES string of the molecule is COC(=O)C(N)Cc1cc2cn(-c3ccc(CN(CCCN)CCCN)cc3)c(=O)nc2[nH]1. The second-order valence-electron chi connectivity index (χ2n) is 8.05. The third-order valence-electron chi connectivity index (χ3n) is 5.49. The average Bonchev–Trinajstić information content (AvgIpc) is 3.20. The number of methoxy groups -OCH3 is 1. The molecule has 0 radical (unpaired) electrons. The van der Waals surface area contributed by atoms with Crippen LogP contribution in [-0.2, 0) is 22.5 Å². The van der Waals surface area contributed by atoms with Crippen molar-refractivity contribution < 1.29 is 9.53 Å². The Labute approximate surface area is 192 Å². The van der Waals surface area contributed by atoms with Crippen LogP contribution in [0.15, 0.2) is 41.3 Å². The molecule has 0 bridgehead atoms. The van der Waals surface area contributed by atoms with E-state index in [2.05, 4.69) is 19.6 Å². The van der Waals surface area contributed by atoms with Crippen molar-refractivity contribution >= 4 is 17.0 Å². The summed E-state index contributed by atoms with van der Waals surface area (Å²) in [5.74, 6) is -0.495. The zero-order chi connectivity index (χ0) is 23.8. The summed E-state index contributed by atoms with van der Waals surface area (Å²) in [5, 5.41) is 0.750. The van der Waals surface area contributed by atoms with Crippen LogP contribution in [0.2, 0.25) is 0 Å². The van der Waals surface area contributed by atoms with Crippen LogP contribution in [-0.4, -0.2) is 64.7 Å². The maximum atomic E-state index is 12.6. The van der Waals surface area contributed by atoms with E-state index in [1.54, 1.807) is 6.20 Å². The molecule has 1 atom stereocenters. The van der Waals surface area contributed by atoms with E-state index in [9.17, 15) is 9.59 Å². The molecule has 0 aliphatic rings. The lowest BCUT2D eigenvalue weighted by molar-refractivity contribution is -0.142. The molecule has 0 saturated heterocycles. The normalized spacial score (nSPS) is 12.4. The van der Waals surface area contributed by atoms with Gasteiger partial charge in [-0.2, -0.15) is 4.98 Å². The minimum absolute atomic E-state index is 0.261. The number of carbonyl (C=O) groups is 1. The van der Waals surface area contributed by atoms with Crippen LogP contribution in [0.1, 0.15) is 24.1 Å². The van der Waals surface area contributed by atoms with Crippen LogP contribution < -0.4 is 22.9 Å². The molecule has 178 valence electrons. The highest BCUT2D eigenvalue weighted by atomic mass is 16.5. The predicted octanol–water partition coefficient (Wildman–Crippen LogP) is 0.256. The minimum Gasteiger partial charge on any atom is -0.468 e. The first-order valence-electron chi connectivity index (χ1n) is 11.1. The zero-order valence-corrected chi connectivity index (χ0v) is 19.0. The van der Waals surface area contributed by atoms with E-state index < -0.39 is 17.7 Å². The molecule has 1 unspecified atom stereocenters. The third kappa shape index (κ3) is 6.48. The molecular weight excluding hydrogens is 422 g/mol. The molecule has 2 heterocycles. The Hall–Kier alpha value is -3.05. The number of aromatic nitrogens is 3. The maximum Gasteiger partial charge on any atom is 0.354 e. The summed E-state index contributed by atoms with van der Waals surface area (Å²) in [7, 11) is 1.30. The molecule has 3 aromatic rings. The van der Waals surface area contributed by atoms with Crippen molar-refractivity contribution in [1.29, 1.82) is 0 Å². The quantitative estimate of drug-likeness (QED) is 0.283. The number of rotatable bonds is 12. The van der Waals surface area contributed by atoms with Crippen molar-refractivity contribution in [2.24, 2.45) is 17.2 Å². The molecule has 0 spiro atoms. The maximum absolute atomic E-state index is 12.6. The number of hydrogen-bond acceptors (Lipinski definition) is 8. The molecule has 0 aliphatic carbocycles. The van der Waals surface area contributed by atoms with Gasteiger partial charge in [-0.3, -0.25) is 14.3 Å². The Morgan fingerprint density at radius 2 is 1.85 bits per heavy atom. The number of carbonyl (C=O) groups excluding carboxylic acids is 1. The third-order valence-corrected chi connectivity index (χ3v) is 5.49. The molecule has 0 saturated carbocycles. The lowest BCUT2D eigenvalue weighted by Gasteiger charge is -2.22. The van der Waals surface area contributed by atoms with Gasteiger partial charge in [0.2, 0.25) is 0 Å². The van der Waals surface area contributed by atoms with Crippen molar-refractivity contribution in [1.82, 2.24) is 19.4 Å². The van der Waals surface area contributed by atoms with E-state index in [0.29, 0.717) is 24.4 Å². The van der Waals surface area contributed by atoms with Gasteiger partial charge in [0.05, 0.1) is 12.8 Å². The highest BCUT2D eigenvalue weighted by Gasteiger charge is 2.16. The minimum atomic E-state index is -0.788. The van der Waals surface area contributed by atoms with Crippen molar-refractivity contribution in [2.75, 3.05) is 33.3 Å². The summed E-state index contributed by atoms with van der Waals surface area (Å²) >= 11 is 0. The van der Waals surface area contributed by atoms with Gasteiger partial charge in [0, 0.05) is 30.2 Å². The van der Waals surface area contributed by atoms with E-state index in [4.69, 9.17) is 17.2 Å². The fraction of sp³-hybridized carbons (Fsp3) is 0.435. The molecule has 10 nitrogen and oxygen atoms in total. The Bertz CT molecular complexity index is 1100. The summed E-state index contributed by atoms with van der Waals surface area (Å²) < 4.78 is 6.17. The number of nitrogens with one attached hydrogen (secondary N) is 1. The molecule has 3 rings (SSSR count). The fourth-order valence-electron chi connectivity index (χ4n) is 3.74. The van der Waals surface area contributed by atoms with Crippen LogP contribution >= 0.6 is 0 Å². The number of nitrogens with zero attached hydrogens (tertiary/aromatic N) is 3. The van der Waals surface area contributed by atoms with Crippen molar-refractivity contribution in [3.63, 3.8) is 0 Å². The molecule has 10 heteroatoms. The Morgan fingerprint density at radius 3 is 2.45 bits per heavy atom. The fourth-order valence-corrected chi connectivity index (χ4v) is 3.74. The monoisotopic (exact) mass is 455 g/mol. The van der Waals surface area contributed by atoms with Gasteiger partial charge in [0.1, 0.15) is 11.7 Å². The van der Waals surface area contributed by atoms with E-state index in [1.165, 1.54) is 11.7 Å². The lowest BCUT2D eigenvalue weighted by Crippen LogP contribution is -2.33. The van der Waals surface area contributed by atoms with Crippen LogP contribution in [0.25, 0.3) is 16.7 Å². The largest absolute Gasteiger partial charge is 0.468 e. The van der Waals surface area contributed by atoms with E-state index in [0.717, 1.165) is 49.1 Å². The molecule has 0 fully saturated rings. The second-order valence-corrected chi connectivity index (χ2v) is 8.05. The van der Waals surface area contributed by atoms with Gasteiger partial charge in [-0.15, -0.1) is 0 Å². The van der Waals surface area contributed by atoms with Gasteiger partial charge in [-0.1, -0.05) is 12.1 Å². The Morgan fingerprint density at radius 1 is 1.18 bits per heavy atom. The van der Waals surface area contributed by atoms with Gasteiger partial charge >= 0.3 is 11.7 Å². The van der Waals surface area contributed by atoms with Gasteiger partial charge in [0.15, 0.2) is 0 Å². The summed E-state index contributed by atoms with van der Waals surface area (Å²) in [4.78, 5) is 33.7.